The van der Waals surface area contributed by atoms with Gasteiger partial charge in [-0.25, -0.2) is 13.1 Å². The van der Waals surface area contributed by atoms with Crippen molar-refractivity contribution in [3.63, 3.8) is 0 Å². The largest absolute Gasteiger partial charge is 0.480 e. The molecule has 2 N–H and O–H groups in total. The molecule has 7 nitrogen and oxygen atoms in total. The lowest BCUT2D eigenvalue weighted by Crippen LogP contribution is -2.39. The van der Waals surface area contributed by atoms with Gasteiger partial charge in [0.05, 0.1) is 11.3 Å². The Morgan fingerprint density at radius 2 is 1.79 bits per heavy atom. The van der Waals surface area contributed by atoms with Crippen molar-refractivity contribution in [1.82, 2.24) is 9.62 Å². The van der Waals surface area contributed by atoms with Crippen LogP contribution >= 0.6 is 0 Å². The molecule has 0 saturated carbocycles. The van der Waals surface area contributed by atoms with Crippen LogP contribution in [0, 0.1) is 5.92 Å². The first-order valence-electron chi connectivity index (χ1n) is 7.74. The number of carbonyl (C=O) groups excluding carboxylic acids is 1. The number of carbonyl (C=O) groups is 2. The molecule has 0 atom stereocenters. The summed E-state index contributed by atoms with van der Waals surface area (Å²) in [5.41, 5.74) is 0.634. The highest BCUT2D eigenvalue weighted by Crippen LogP contribution is 2.12. The number of nitrogens with one attached hydrogen (secondary N) is 1. The fourth-order valence-corrected chi connectivity index (χ4v) is 3.25. The van der Waals surface area contributed by atoms with Gasteiger partial charge in [-0.05, 0) is 23.6 Å². The third-order valence-corrected chi connectivity index (χ3v) is 4.75. The molecule has 0 radical (unpaired) electrons. The third kappa shape index (κ3) is 6.29. The lowest BCUT2D eigenvalue weighted by molar-refractivity contribution is -0.144. The van der Waals surface area contributed by atoms with Gasteiger partial charge in [0.1, 0.15) is 6.54 Å². The second-order valence-electron chi connectivity index (χ2n) is 5.88. The summed E-state index contributed by atoms with van der Waals surface area (Å²) in [7, 11) is -3.53. The molecule has 1 rings (SSSR count). The number of rotatable bonds is 9. The summed E-state index contributed by atoms with van der Waals surface area (Å²) in [6.07, 6.45) is 0.0293. The van der Waals surface area contributed by atoms with Crippen LogP contribution in [-0.4, -0.2) is 49.9 Å². The molecule has 0 aliphatic carbocycles. The molecule has 0 saturated heterocycles. The summed E-state index contributed by atoms with van der Waals surface area (Å²) < 4.78 is 26.1. The highest BCUT2D eigenvalue weighted by molar-refractivity contribution is 7.89. The molecular weight excluding hydrogens is 332 g/mol. The first-order valence-corrected chi connectivity index (χ1v) is 9.22. The number of hydrogen-bond acceptors (Lipinski definition) is 4. The number of nitrogens with zero attached hydrogens (tertiary/aromatic N) is 1. The Bertz CT molecular complexity index is 668. The molecule has 0 bridgehead atoms. The monoisotopic (exact) mass is 356 g/mol. The van der Waals surface area contributed by atoms with Gasteiger partial charge in [0.15, 0.2) is 0 Å². The number of benzene rings is 1. The van der Waals surface area contributed by atoms with Crippen LogP contribution in [0.15, 0.2) is 29.2 Å². The third-order valence-electron chi connectivity index (χ3n) is 3.19. The van der Waals surface area contributed by atoms with Crippen LogP contribution in [0.5, 0.6) is 0 Å². The van der Waals surface area contributed by atoms with Crippen molar-refractivity contribution in [1.29, 1.82) is 0 Å². The minimum atomic E-state index is -3.53. The van der Waals surface area contributed by atoms with E-state index in [1.807, 2.05) is 13.8 Å². The van der Waals surface area contributed by atoms with Gasteiger partial charge in [0, 0.05) is 13.1 Å². The SMILES string of the molecule is CCNS(=O)(=O)c1ccc(CC(=O)N(CC(=O)O)CC(C)C)cc1. The summed E-state index contributed by atoms with van der Waals surface area (Å²) >= 11 is 0. The zero-order valence-electron chi connectivity index (χ0n) is 14.2. The van der Waals surface area contributed by atoms with E-state index in [1.165, 1.54) is 17.0 Å². The van der Waals surface area contributed by atoms with Gasteiger partial charge < -0.3 is 10.0 Å². The fourth-order valence-electron chi connectivity index (χ4n) is 2.20. The topological polar surface area (TPSA) is 104 Å². The number of carboxylic acid groups (broad SMARTS) is 1. The molecular formula is C16H24N2O5S. The Morgan fingerprint density at radius 1 is 1.21 bits per heavy atom. The summed E-state index contributed by atoms with van der Waals surface area (Å²) in [5, 5.41) is 8.92. The van der Waals surface area contributed by atoms with Crippen LogP contribution in [-0.2, 0) is 26.0 Å². The van der Waals surface area contributed by atoms with E-state index in [0.717, 1.165) is 0 Å². The van der Waals surface area contributed by atoms with Crippen molar-refractivity contribution in [2.45, 2.75) is 32.1 Å². The van der Waals surface area contributed by atoms with Crippen molar-refractivity contribution in [3.05, 3.63) is 29.8 Å². The van der Waals surface area contributed by atoms with Crippen LogP contribution in [0.2, 0.25) is 0 Å². The maximum Gasteiger partial charge on any atom is 0.323 e. The second kappa shape index (κ2) is 8.79. The minimum Gasteiger partial charge on any atom is -0.480 e. The fraction of sp³-hybridized carbons (Fsp3) is 0.500. The number of carboxylic acids is 1. The maximum absolute atomic E-state index is 12.3. The van der Waals surface area contributed by atoms with Gasteiger partial charge in [-0.15, -0.1) is 0 Å². The second-order valence-corrected chi connectivity index (χ2v) is 7.65. The summed E-state index contributed by atoms with van der Waals surface area (Å²) in [4.78, 5) is 24.6. The van der Waals surface area contributed by atoms with Gasteiger partial charge in [-0.2, -0.15) is 0 Å². The van der Waals surface area contributed by atoms with Gasteiger partial charge in [0.2, 0.25) is 15.9 Å². The number of amides is 1. The van der Waals surface area contributed by atoms with Crippen LogP contribution < -0.4 is 4.72 Å². The number of sulfonamides is 1. The van der Waals surface area contributed by atoms with E-state index in [9.17, 15) is 18.0 Å². The maximum atomic E-state index is 12.3. The lowest BCUT2D eigenvalue weighted by Gasteiger charge is -2.22. The molecule has 0 unspecified atom stereocenters. The molecule has 1 aromatic rings. The van der Waals surface area contributed by atoms with E-state index < -0.39 is 16.0 Å². The predicted molar refractivity (Wildman–Crippen MR) is 90.1 cm³/mol. The van der Waals surface area contributed by atoms with E-state index in [4.69, 9.17) is 5.11 Å². The normalized spacial score (nSPS) is 11.5. The zero-order valence-corrected chi connectivity index (χ0v) is 15.0. The standard InChI is InChI=1S/C16H24N2O5S/c1-4-17-24(22,23)14-7-5-13(6-8-14)9-15(19)18(10-12(2)3)11-16(20)21/h5-8,12,17H,4,9-11H2,1-3H3,(H,20,21). The van der Waals surface area contributed by atoms with Crippen LogP contribution in [0.1, 0.15) is 26.3 Å². The molecule has 0 fully saturated rings. The Kier molecular flexibility index (Phi) is 7.37. The first kappa shape index (κ1) is 20.1. The lowest BCUT2D eigenvalue weighted by atomic mass is 10.1. The molecule has 0 aromatic heterocycles. The van der Waals surface area contributed by atoms with Crippen LogP contribution in [0.3, 0.4) is 0 Å². The van der Waals surface area contributed by atoms with Crippen molar-refractivity contribution in [3.8, 4) is 0 Å². The van der Waals surface area contributed by atoms with E-state index in [-0.39, 0.29) is 29.7 Å². The van der Waals surface area contributed by atoms with Crippen molar-refractivity contribution >= 4 is 21.9 Å². The van der Waals surface area contributed by atoms with Crippen LogP contribution in [0.25, 0.3) is 0 Å². The van der Waals surface area contributed by atoms with Gasteiger partial charge in [-0.3, -0.25) is 9.59 Å². The smallest absolute Gasteiger partial charge is 0.323 e. The first-order chi connectivity index (χ1) is 11.2. The van der Waals surface area contributed by atoms with E-state index in [1.54, 1.807) is 19.1 Å². The van der Waals surface area contributed by atoms with Crippen molar-refractivity contribution in [2.24, 2.45) is 5.92 Å². The highest BCUT2D eigenvalue weighted by Gasteiger charge is 2.19. The van der Waals surface area contributed by atoms with Gasteiger partial charge in [0.25, 0.3) is 0 Å². The van der Waals surface area contributed by atoms with Crippen molar-refractivity contribution < 1.29 is 23.1 Å². The Labute approximate surface area is 142 Å². The molecule has 0 spiro atoms. The van der Waals surface area contributed by atoms with Crippen molar-refractivity contribution in [2.75, 3.05) is 19.6 Å². The molecule has 24 heavy (non-hydrogen) atoms. The molecule has 134 valence electrons. The summed E-state index contributed by atoms with van der Waals surface area (Å²) in [6.45, 7) is 5.81. The van der Waals surface area contributed by atoms with E-state index >= 15 is 0 Å². The molecule has 8 heteroatoms. The zero-order chi connectivity index (χ0) is 18.3. The summed E-state index contributed by atoms with van der Waals surface area (Å²) in [6, 6.07) is 6.00. The van der Waals surface area contributed by atoms with E-state index in [2.05, 4.69) is 4.72 Å². The molecule has 1 aromatic carbocycles. The number of hydrogen-bond donors (Lipinski definition) is 2. The molecule has 0 heterocycles. The average Bonchev–Trinajstić information content (AvgIpc) is 2.46. The predicted octanol–water partition coefficient (Wildman–Crippen LogP) is 1.10. The molecule has 1 amide bonds. The van der Waals surface area contributed by atoms with Crippen LogP contribution in [0.4, 0.5) is 0 Å². The molecule has 0 aliphatic heterocycles. The minimum absolute atomic E-state index is 0.0293. The Morgan fingerprint density at radius 3 is 2.25 bits per heavy atom. The Hall–Kier alpha value is -1.93. The quantitative estimate of drug-likeness (QED) is 0.689. The number of aliphatic carboxylic acids is 1. The van der Waals surface area contributed by atoms with E-state index in [0.29, 0.717) is 18.7 Å². The van der Waals surface area contributed by atoms with Gasteiger partial charge in [-0.1, -0.05) is 32.9 Å². The highest BCUT2D eigenvalue weighted by atomic mass is 32.2. The summed E-state index contributed by atoms with van der Waals surface area (Å²) in [5.74, 6) is -1.20. The molecule has 0 aliphatic rings. The van der Waals surface area contributed by atoms with Gasteiger partial charge >= 0.3 is 5.97 Å². The Balaban J connectivity index is 2.83. The average molecular weight is 356 g/mol.